The second-order valence-corrected chi connectivity index (χ2v) is 3.28. The van der Waals surface area contributed by atoms with Gasteiger partial charge in [0, 0.05) is 20.1 Å². The van der Waals surface area contributed by atoms with Gasteiger partial charge >= 0.3 is 0 Å². The van der Waals surface area contributed by atoms with E-state index in [0.717, 1.165) is 6.42 Å². The number of aliphatic hydroxyl groups is 2. The van der Waals surface area contributed by atoms with Crippen LogP contribution in [0.3, 0.4) is 0 Å². The quantitative estimate of drug-likeness (QED) is 0.524. The highest BCUT2D eigenvalue weighted by Crippen LogP contribution is 2.09. The third-order valence-electron chi connectivity index (χ3n) is 2.14. The lowest BCUT2D eigenvalue weighted by atomic mass is 10.0. The van der Waals surface area contributed by atoms with E-state index < -0.39 is 12.2 Å². The highest BCUT2D eigenvalue weighted by Gasteiger charge is 2.15. The first-order valence-corrected chi connectivity index (χ1v) is 4.73. The smallest absolute Gasteiger partial charge is 0.0687 e. The van der Waals surface area contributed by atoms with E-state index in [1.807, 2.05) is 6.92 Å². The number of methoxy groups -OCH3 is 1. The Morgan fingerprint density at radius 1 is 1.23 bits per heavy atom. The van der Waals surface area contributed by atoms with Crippen LogP contribution in [-0.4, -0.2) is 42.2 Å². The van der Waals surface area contributed by atoms with E-state index >= 15 is 0 Å². The maximum atomic E-state index is 9.49. The lowest BCUT2D eigenvalue weighted by Gasteiger charge is -2.19. The van der Waals surface area contributed by atoms with E-state index in [-0.39, 0.29) is 12.6 Å². The number of aliphatic hydroxyl groups excluding tert-OH is 2. The fourth-order valence-corrected chi connectivity index (χ4v) is 1.24. The molecular formula is C9H21NO3. The van der Waals surface area contributed by atoms with Gasteiger partial charge < -0.3 is 20.7 Å². The number of hydrogen-bond acceptors (Lipinski definition) is 4. The molecule has 0 saturated carbocycles. The predicted molar refractivity (Wildman–Crippen MR) is 51.4 cm³/mol. The molecule has 0 fully saturated rings. The zero-order valence-electron chi connectivity index (χ0n) is 8.44. The molecule has 0 heterocycles. The van der Waals surface area contributed by atoms with Crippen molar-refractivity contribution in [1.29, 1.82) is 0 Å². The summed E-state index contributed by atoms with van der Waals surface area (Å²) in [6.45, 7) is 2.20. The van der Waals surface area contributed by atoms with Gasteiger partial charge in [-0.1, -0.05) is 6.92 Å². The highest BCUT2D eigenvalue weighted by atomic mass is 16.5. The Morgan fingerprint density at radius 3 is 2.23 bits per heavy atom. The summed E-state index contributed by atoms with van der Waals surface area (Å²) in [7, 11) is 1.63. The first kappa shape index (κ1) is 12.8. The summed E-state index contributed by atoms with van der Waals surface area (Å²) in [5.74, 6) is 0. The normalized spacial score (nSPS) is 18.2. The van der Waals surface area contributed by atoms with Crippen molar-refractivity contribution in [2.75, 3.05) is 13.7 Å². The molecule has 4 nitrogen and oxygen atoms in total. The van der Waals surface area contributed by atoms with Gasteiger partial charge in [-0.25, -0.2) is 0 Å². The van der Waals surface area contributed by atoms with Crippen LogP contribution in [0.5, 0.6) is 0 Å². The Balaban J connectivity index is 3.65. The number of ether oxygens (including phenoxy) is 1. The molecule has 0 aromatic rings. The second-order valence-electron chi connectivity index (χ2n) is 3.28. The second kappa shape index (κ2) is 7.26. The molecule has 13 heavy (non-hydrogen) atoms. The Morgan fingerprint density at radius 2 is 1.85 bits per heavy atom. The molecule has 0 rings (SSSR count). The van der Waals surface area contributed by atoms with Crippen molar-refractivity contribution in [3.05, 3.63) is 0 Å². The lowest BCUT2D eigenvalue weighted by molar-refractivity contribution is 0.0207. The molecule has 0 aliphatic rings. The van der Waals surface area contributed by atoms with E-state index in [2.05, 4.69) is 0 Å². The summed E-state index contributed by atoms with van der Waals surface area (Å²) < 4.78 is 5.11. The minimum absolute atomic E-state index is 0.0694. The van der Waals surface area contributed by atoms with Gasteiger partial charge in [0.25, 0.3) is 0 Å². The molecule has 4 heteroatoms. The number of hydrogen-bond donors (Lipinski definition) is 3. The minimum Gasteiger partial charge on any atom is -0.393 e. The Hall–Kier alpha value is -0.160. The molecule has 80 valence electrons. The summed E-state index contributed by atoms with van der Waals surface area (Å²) in [6.07, 6.45) is 0.694. The SMILES string of the molecule is CCC(CC(O)CC(O)CN)OC. The zero-order valence-corrected chi connectivity index (χ0v) is 8.44. The fraction of sp³-hybridized carbons (Fsp3) is 1.00. The molecule has 0 radical (unpaired) electrons. The van der Waals surface area contributed by atoms with Gasteiger partial charge in [0.2, 0.25) is 0 Å². The van der Waals surface area contributed by atoms with Crippen molar-refractivity contribution >= 4 is 0 Å². The van der Waals surface area contributed by atoms with Crippen molar-refractivity contribution in [2.24, 2.45) is 5.73 Å². The Bertz CT molecular complexity index is 117. The minimum atomic E-state index is -0.607. The van der Waals surface area contributed by atoms with Gasteiger partial charge in [-0.05, 0) is 12.8 Å². The Kier molecular flexibility index (Phi) is 7.17. The largest absolute Gasteiger partial charge is 0.393 e. The highest BCUT2D eigenvalue weighted by molar-refractivity contribution is 4.68. The van der Waals surface area contributed by atoms with Gasteiger partial charge in [0.15, 0.2) is 0 Å². The summed E-state index contributed by atoms with van der Waals surface area (Å²) in [5, 5.41) is 18.6. The van der Waals surface area contributed by atoms with E-state index in [9.17, 15) is 5.11 Å². The first-order chi connectivity index (χ1) is 6.13. The maximum Gasteiger partial charge on any atom is 0.0687 e. The fourth-order valence-electron chi connectivity index (χ4n) is 1.24. The van der Waals surface area contributed by atoms with Crippen LogP contribution < -0.4 is 5.73 Å². The monoisotopic (exact) mass is 191 g/mol. The molecule has 0 aromatic carbocycles. The molecule has 3 atom stereocenters. The summed E-state index contributed by atoms with van der Waals surface area (Å²) in [6, 6.07) is 0. The van der Waals surface area contributed by atoms with Gasteiger partial charge in [-0.15, -0.1) is 0 Å². The van der Waals surface area contributed by atoms with Crippen LogP contribution in [0.1, 0.15) is 26.2 Å². The topological polar surface area (TPSA) is 75.7 Å². The van der Waals surface area contributed by atoms with Crippen molar-refractivity contribution < 1.29 is 14.9 Å². The number of nitrogens with two attached hydrogens (primary N) is 1. The van der Waals surface area contributed by atoms with E-state index in [0.29, 0.717) is 12.8 Å². The summed E-state index contributed by atoms with van der Waals surface area (Å²) in [5.41, 5.74) is 5.22. The standard InChI is InChI=1S/C9H21NO3/c1-3-9(13-2)5-7(11)4-8(12)6-10/h7-9,11-12H,3-6,10H2,1-2H3. The van der Waals surface area contributed by atoms with Crippen LogP contribution in [0.4, 0.5) is 0 Å². The molecule has 4 N–H and O–H groups in total. The van der Waals surface area contributed by atoms with Gasteiger partial charge in [-0.3, -0.25) is 0 Å². The van der Waals surface area contributed by atoms with Crippen LogP contribution >= 0.6 is 0 Å². The molecule has 0 aliphatic heterocycles. The van der Waals surface area contributed by atoms with Crippen LogP contribution in [0.2, 0.25) is 0 Å². The van der Waals surface area contributed by atoms with E-state index in [1.54, 1.807) is 7.11 Å². The third kappa shape index (κ3) is 5.99. The summed E-state index contributed by atoms with van der Waals surface area (Å²) >= 11 is 0. The molecule has 0 bridgehead atoms. The van der Waals surface area contributed by atoms with Crippen molar-refractivity contribution in [1.82, 2.24) is 0 Å². The van der Waals surface area contributed by atoms with E-state index in [1.165, 1.54) is 0 Å². The molecule has 0 amide bonds. The molecule has 0 spiro atoms. The lowest BCUT2D eigenvalue weighted by Crippen LogP contribution is -2.28. The van der Waals surface area contributed by atoms with Crippen molar-refractivity contribution in [3.8, 4) is 0 Å². The molecule has 0 aliphatic carbocycles. The average Bonchev–Trinajstić information content (AvgIpc) is 2.13. The third-order valence-corrected chi connectivity index (χ3v) is 2.14. The summed E-state index contributed by atoms with van der Waals surface area (Å²) in [4.78, 5) is 0. The molecule has 0 saturated heterocycles. The molecule has 3 unspecified atom stereocenters. The van der Waals surface area contributed by atoms with Crippen LogP contribution in [0.25, 0.3) is 0 Å². The van der Waals surface area contributed by atoms with E-state index in [4.69, 9.17) is 15.6 Å². The zero-order chi connectivity index (χ0) is 10.3. The molecule has 0 aromatic heterocycles. The first-order valence-electron chi connectivity index (χ1n) is 4.73. The van der Waals surface area contributed by atoms with Gasteiger partial charge in [0.05, 0.1) is 18.3 Å². The predicted octanol–water partition coefficient (Wildman–Crippen LogP) is -0.128. The van der Waals surface area contributed by atoms with Crippen LogP contribution in [0.15, 0.2) is 0 Å². The van der Waals surface area contributed by atoms with Crippen LogP contribution in [-0.2, 0) is 4.74 Å². The van der Waals surface area contributed by atoms with Gasteiger partial charge in [-0.2, -0.15) is 0 Å². The van der Waals surface area contributed by atoms with Gasteiger partial charge in [0.1, 0.15) is 0 Å². The van der Waals surface area contributed by atoms with Crippen molar-refractivity contribution in [2.45, 2.75) is 44.5 Å². The number of rotatable bonds is 7. The van der Waals surface area contributed by atoms with Crippen LogP contribution in [0, 0.1) is 0 Å². The average molecular weight is 191 g/mol. The van der Waals surface area contributed by atoms with Crippen molar-refractivity contribution in [3.63, 3.8) is 0 Å². The maximum absolute atomic E-state index is 9.49. The Labute approximate surface area is 79.7 Å². The molecular weight excluding hydrogens is 170 g/mol.